The Bertz CT molecular complexity index is 449. The van der Waals surface area contributed by atoms with Crippen molar-refractivity contribution in [3.8, 4) is 0 Å². The molecule has 0 bridgehead atoms. The number of carbonyl (C=O) groups excluding carboxylic acids is 1. The van der Waals surface area contributed by atoms with E-state index in [1.165, 1.54) is 16.2 Å². The number of thiophene rings is 1. The molecule has 1 aliphatic heterocycles. The maximum atomic E-state index is 12.2. The lowest BCUT2D eigenvalue weighted by molar-refractivity contribution is -0.142. The number of carbonyl (C=O) groups is 2. The first-order chi connectivity index (χ1) is 9.13. The molecule has 104 valence electrons. The van der Waals surface area contributed by atoms with Crippen LogP contribution in [0.15, 0.2) is 16.8 Å². The summed E-state index contributed by atoms with van der Waals surface area (Å²) in [7, 11) is 0. The zero-order valence-corrected chi connectivity index (χ0v) is 11.4. The van der Waals surface area contributed by atoms with E-state index in [9.17, 15) is 9.59 Å². The highest BCUT2D eigenvalue weighted by molar-refractivity contribution is 7.08. The Balaban J connectivity index is 2.06. The van der Waals surface area contributed by atoms with Crippen LogP contribution >= 0.6 is 11.3 Å². The molecule has 1 aliphatic rings. The van der Waals surface area contributed by atoms with Crippen molar-refractivity contribution < 1.29 is 19.4 Å². The second-order valence-electron chi connectivity index (χ2n) is 4.28. The summed E-state index contributed by atoms with van der Waals surface area (Å²) in [6, 6.07) is 1.10. The van der Waals surface area contributed by atoms with E-state index >= 15 is 0 Å². The molecule has 2 unspecified atom stereocenters. The maximum Gasteiger partial charge on any atom is 0.322 e. The number of hydrogen-bond acceptors (Lipinski definition) is 4. The smallest absolute Gasteiger partial charge is 0.322 e. The SMILES string of the molecule is CCN(C(=O)Nc1ccsc1)C1COCC1C(=O)O. The molecule has 2 atom stereocenters. The van der Waals surface area contributed by atoms with Gasteiger partial charge in [0.15, 0.2) is 0 Å². The number of likely N-dealkylation sites (N-methyl/N-ethyl adjacent to an activating group) is 1. The molecular formula is C12H16N2O4S. The molecule has 2 rings (SSSR count). The number of hydrogen-bond donors (Lipinski definition) is 2. The first-order valence-corrected chi connectivity index (χ1v) is 6.98. The first kappa shape index (κ1) is 13.8. The van der Waals surface area contributed by atoms with E-state index in [1.54, 1.807) is 6.07 Å². The van der Waals surface area contributed by atoms with Crippen molar-refractivity contribution in [1.82, 2.24) is 4.90 Å². The Morgan fingerprint density at radius 2 is 2.37 bits per heavy atom. The van der Waals surface area contributed by atoms with Gasteiger partial charge in [-0.05, 0) is 18.4 Å². The summed E-state index contributed by atoms with van der Waals surface area (Å²) in [6.45, 7) is 2.68. The van der Waals surface area contributed by atoms with Gasteiger partial charge in [0.25, 0.3) is 0 Å². The predicted molar refractivity (Wildman–Crippen MR) is 71.5 cm³/mol. The molecule has 1 fully saturated rings. The van der Waals surface area contributed by atoms with Crippen LogP contribution in [0.3, 0.4) is 0 Å². The number of amides is 2. The third kappa shape index (κ3) is 3.05. The number of nitrogens with one attached hydrogen (secondary N) is 1. The van der Waals surface area contributed by atoms with Crippen molar-refractivity contribution in [2.45, 2.75) is 13.0 Å². The van der Waals surface area contributed by atoms with Crippen LogP contribution in [0.4, 0.5) is 10.5 Å². The monoisotopic (exact) mass is 284 g/mol. The van der Waals surface area contributed by atoms with Gasteiger partial charge < -0.3 is 20.1 Å². The fraction of sp³-hybridized carbons (Fsp3) is 0.500. The Labute approximate surface area is 115 Å². The van der Waals surface area contributed by atoms with Crippen molar-refractivity contribution in [2.24, 2.45) is 5.92 Å². The Morgan fingerprint density at radius 1 is 1.58 bits per heavy atom. The van der Waals surface area contributed by atoms with Crippen molar-refractivity contribution in [1.29, 1.82) is 0 Å². The van der Waals surface area contributed by atoms with Crippen molar-refractivity contribution in [3.63, 3.8) is 0 Å². The zero-order chi connectivity index (χ0) is 13.8. The fourth-order valence-corrected chi connectivity index (χ4v) is 2.73. The van der Waals surface area contributed by atoms with E-state index in [-0.39, 0.29) is 19.2 Å². The third-order valence-electron chi connectivity index (χ3n) is 3.14. The molecule has 0 spiro atoms. The van der Waals surface area contributed by atoms with Crippen molar-refractivity contribution in [2.75, 3.05) is 25.1 Å². The van der Waals surface area contributed by atoms with Gasteiger partial charge in [-0.15, -0.1) is 0 Å². The maximum absolute atomic E-state index is 12.2. The van der Waals surface area contributed by atoms with Crippen molar-refractivity contribution >= 4 is 29.0 Å². The standard InChI is InChI=1S/C12H16N2O4S/c1-2-14(10-6-18-5-9(10)11(15)16)12(17)13-8-3-4-19-7-8/h3-4,7,9-10H,2,5-6H2,1H3,(H,13,17)(H,15,16). The topological polar surface area (TPSA) is 78.9 Å². The number of carboxylic acids is 1. The third-order valence-corrected chi connectivity index (χ3v) is 3.83. The van der Waals surface area contributed by atoms with E-state index in [1.807, 2.05) is 17.7 Å². The van der Waals surface area contributed by atoms with Crippen LogP contribution in [0, 0.1) is 5.92 Å². The quantitative estimate of drug-likeness (QED) is 0.882. The van der Waals surface area contributed by atoms with Gasteiger partial charge in [-0.2, -0.15) is 11.3 Å². The lowest BCUT2D eigenvalue weighted by Crippen LogP contribution is -2.48. The van der Waals surface area contributed by atoms with Gasteiger partial charge in [0, 0.05) is 11.9 Å². The molecule has 1 saturated heterocycles. The molecule has 0 aromatic carbocycles. The fourth-order valence-electron chi connectivity index (χ4n) is 2.15. The van der Waals surface area contributed by atoms with E-state index in [0.717, 1.165) is 5.69 Å². The van der Waals surface area contributed by atoms with Gasteiger partial charge in [-0.1, -0.05) is 0 Å². The summed E-state index contributed by atoms with van der Waals surface area (Å²) in [5.41, 5.74) is 0.722. The highest BCUT2D eigenvalue weighted by Gasteiger charge is 2.39. The zero-order valence-electron chi connectivity index (χ0n) is 10.5. The molecule has 0 aliphatic carbocycles. The van der Waals surface area contributed by atoms with E-state index in [2.05, 4.69) is 5.32 Å². The number of aliphatic carboxylic acids is 1. The summed E-state index contributed by atoms with van der Waals surface area (Å²) in [6.07, 6.45) is 0. The van der Waals surface area contributed by atoms with Gasteiger partial charge in [0.05, 0.1) is 24.9 Å². The van der Waals surface area contributed by atoms with Crippen molar-refractivity contribution in [3.05, 3.63) is 16.8 Å². The van der Waals surface area contributed by atoms with Crippen LogP contribution in [-0.4, -0.2) is 47.8 Å². The average Bonchev–Trinajstić information content (AvgIpc) is 3.00. The van der Waals surface area contributed by atoms with Crippen LogP contribution in [0.25, 0.3) is 0 Å². The lowest BCUT2D eigenvalue weighted by Gasteiger charge is -2.29. The van der Waals surface area contributed by atoms with Crippen LogP contribution < -0.4 is 5.32 Å². The Hall–Kier alpha value is -1.60. The minimum Gasteiger partial charge on any atom is -0.481 e. The number of nitrogens with zero attached hydrogens (tertiary/aromatic N) is 1. The normalized spacial score (nSPS) is 22.2. The predicted octanol–water partition coefficient (Wildman–Crippen LogP) is 1.70. The molecule has 2 heterocycles. The van der Waals surface area contributed by atoms with E-state index in [0.29, 0.717) is 6.54 Å². The number of carboxylic acid groups (broad SMARTS) is 1. The summed E-state index contributed by atoms with van der Waals surface area (Å²) < 4.78 is 5.20. The number of rotatable bonds is 4. The minimum atomic E-state index is -0.927. The molecule has 0 radical (unpaired) electrons. The van der Waals surface area contributed by atoms with Gasteiger partial charge in [0.1, 0.15) is 5.92 Å². The summed E-state index contributed by atoms with van der Waals surface area (Å²) >= 11 is 1.49. The minimum absolute atomic E-state index is 0.155. The highest BCUT2D eigenvalue weighted by atomic mass is 32.1. The summed E-state index contributed by atoms with van der Waals surface area (Å²) in [5.74, 6) is -1.59. The van der Waals surface area contributed by atoms with Crippen LogP contribution in [0.5, 0.6) is 0 Å². The molecule has 2 amide bonds. The van der Waals surface area contributed by atoms with Crippen LogP contribution in [0.1, 0.15) is 6.92 Å². The highest BCUT2D eigenvalue weighted by Crippen LogP contribution is 2.21. The average molecular weight is 284 g/mol. The molecule has 0 saturated carbocycles. The van der Waals surface area contributed by atoms with Gasteiger partial charge in [-0.3, -0.25) is 4.79 Å². The molecular weight excluding hydrogens is 268 g/mol. The van der Waals surface area contributed by atoms with E-state index < -0.39 is 17.9 Å². The van der Waals surface area contributed by atoms with Gasteiger partial charge in [-0.25, -0.2) is 4.79 Å². The van der Waals surface area contributed by atoms with Gasteiger partial charge in [0.2, 0.25) is 0 Å². The number of urea groups is 1. The summed E-state index contributed by atoms with van der Waals surface area (Å²) in [4.78, 5) is 24.8. The Kier molecular flexibility index (Phi) is 4.39. The summed E-state index contributed by atoms with van der Waals surface area (Å²) in [5, 5.41) is 15.6. The molecule has 6 nitrogen and oxygen atoms in total. The second-order valence-corrected chi connectivity index (χ2v) is 5.06. The Morgan fingerprint density at radius 3 is 2.95 bits per heavy atom. The molecule has 7 heteroatoms. The van der Waals surface area contributed by atoms with Crippen LogP contribution in [0.2, 0.25) is 0 Å². The first-order valence-electron chi connectivity index (χ1n) is 6.03. The molecule has 1 aromatic rings. The van der Waals surface area contributed by atoms with Crippen LogP contribution in [-0.2, 0) is 9.53 Å². The lowest BCUT2D eigenvalue weighted by atomic mass is 10.0. The molecule has 19 heavy (non-hydrogen) atoms. The number of anilines is 1. The van der Waals surface area contributed by atoms with Gasteiger partial charge >= 0.3 is 12.0 Å². The number of ether oxygens (including phenoxy) is 1. The largest absolute Gasteiger partial charge is 0.481 e. The second kappa shape index (κ2) is 6.03. The van der Waals surface area contributed by atoms with E-state index in [4.69, 9.17) is 9.84 Å². The molecule has 2 N–H and O–H groups in total. The molecule has 1 aromatic heterocycles.